The highest BCUT2D eigenvalue weighted by atomic mass is 35.5. The summed E-state index contributed by atoms with van der Waals surface area (Å²) >= 11 is 6.08. The van der Waals surface area contributed by atoms with Crippen LogP contribution in [0.25, 0.3) is 16.8 Å². The van der Waals surface area contributed by atoms with Crippen molar-refractivity contribution >= 4 is 40.0 Å². The number of allylic oxidation sites excluding steroid dienone is 1. The third-order valence-electron chi connectivity index (χ3n) is 3.97. The quantitative estimate of drug-likeness (QED) is 0.555. The molecule has 0 aliphatic rings. The minimum atomic E-state index is -4.38. The first kappa shape index (κ1) is 18.9. The molecule has 138 valence electrons. The van der Waals surface area contributed by atoms with E-state index in [1.54, 1.807) is 37.4 Å². The summed E-state index contributed by atoms with van der Waals surface area (Å²) in [5, 5.41) is 4.61. The van der Waals surface area contributed by atoms with E-state index in [9.17, 15) is 18.0 Å². The van der Waals surface area contributed by atoms with Crippen LogP contribution in [0.3, 0.4) is 0 Å². The van der Waals surface area contributed by atoms with Crippen LogP contribution in [0.5, 0.6) is 0 Å². The molecule has 3 rings (SSSR count). The van der Waals surface area contributed by atoms with Crippen molar-refractivity contribution in [3.8, 4) is 0 Å². The molecule has 2 aromatic carbocycles. The molecular weight excluding hydrogens is 377 g/mol. The van der Waals surface area contributed by atoms with Crippen LogP contribution in [-0.2, 0) is 0 Å². The maximum Gasteiger partial charge on any atom is 0.409 e. The molecule has 0 radical (unpaired) electrons. The van der Waals surface area contributed by atoms with Crippen molar-refractivity contribution in [2.45, 2.75) is 13.1 Å². The van der Waals surface area contributed by atoms with Gasteiger partial charge in [-0.15, -0.1) is 0 Å². The number of pyridine rings is 1. The van der Waals surface area contributed by atoms with E-state index < -0.39 is 6.18 Å². The number of carbonyl (C=O) groups is 1. The number of nitrogens with one attached hydrogen (secondary N) is 1. The normalized spacial score (nSPS) is 11.9. The molecule has 27 heavy (non-hydrogen) atoms. The summed E-state index contributed by atoms with van der Waals surface area (Å²) in [5.41, 5.74) is 1.87. The van der Waals surface area contributed by atoms with Crippen LogP contribution >= 0.6 is 11.6 Å². The highest BCUT2D eigenvalue weighted by Crippen LogP contribution is 2.28. The van der Waals surface area contributed by atoms with E-state index in [0.717, 1.165) is 11.5 Å². The Balaban J connectivity index is 1.87. The average Bonchev–Trinajstić information content (AvgIpc) is 2.60. The predicted molar refractivity (Wildman–Crippen MR) is 101 cm³/mol. The zero-order valence-corrected chi connectivity index (χ0v) is 14.9. The molecule has 0 aliphatic heterocycles. The van der Waals surface area contributed by atoms with Crippen LogP contribution in [0, 0.1) is 6.92 Å². The lowest BCUT2D eigenvalue weighted by molar-refractivity contribution is -0.0790. The number of anilines is 1. The van der Waals surface area contributed by atoms with Crippen LogP contribution in [0.2, 0.25) is 5.15 Å². The number of benzene rings is 2. The molecule has 0 spiro atoms. The van der Waals surface area contributed by atoms with E-state index in [1.165, 1.54) is 18.2 Å². The van der Waals surface area contributed by atoms with E-state index in [-0.39, 0.29) is 12.0 Å². The number of fused-ring (bicyclic) bond motifs is 1. The summed E-state index contributed by atoms with van der Waals surface area (Å²) < 4.78 is 36.8. The molecule has 1 heterocycles. The van der Waals surface area contributed by atoms with E-state index in [1.807, 2.05) is 0 Å². The molecule has 7 heteroatoms. The second kappa shape index (κ2) is 7.40. The first-order valence-electron chi connectivity index (χ1n) is 7.96. The van der Waals surface area contributed by atoms with Crippen molar-refractivity contribution in [2.75, 3.05) is 5.32 Å². The molecular formula is C20H14ClF3N2O. The van der Waals surface area contributed by atoms with Crippen LogP contribution in [0.4, 0.5) is 18.9 Å². The molecule has 3 aromatic rings. The predicted octanol–water partition coefficient (Wildman–Crippen LogP) is 6.02. The number of alkyl halides is 3. The highest BCUT2D eigenvalue weighted by Gasteiger charge is 2.21. The van der Waals surface area contributed by atoms with E-state index in [4.69, 9.17) is 11.6 Å². The van der Waals surface area contributed by atoms with Gasteiger partial charge in [0.15, 0.2) is 0 Å². The largest absolute Gasteiger partial charge is 0.409 e. The Morgan fingerprint density at radius 3 is 2.63 bits per heavy atom. The SMILES string of the molecule is Cc1cc(/C=C/C(F)(F)F)ccc1C(=O)Nc1cccc2c(Cl)nccc12. The first-order chi connectivity index (χ1) is 12.7. The Labute approximate surface area is 158 Å². The van der Waals surface area contributed by atoms with E-state index in [0.29, 0.717) is 32.9 Å². The van der Waals surface area contributed by atoms with Crippen LogP contribution in [0.15, 0.2) is 54.7 Å². The average molecular weight is 391 g/mol. The number of amides is 1. The smallest absolute Gasteiger partial charge is 0.321 e. The number of aryl methyl sites for hydroxylation is 1. The van der Waals surface area contributed by atoms with Crippen molar-refractivity contribution in [2.24, 2.45) is 0 Å². The summed E-state index contributed by atoms with van der Waals surface area (Å²) in [6.45, 7) is 1.67. The molecule has 0 fully saturated rings. The van der Waals surface area contributed by atoms with Gasteiger partial charge < -0.3 is 5.32 Å². The number of rotatable bonds is 3. The van der Waals surface area contributed by atoms with Crippen molar-refractivity contribution in [1.29, 1.82) is 0 Å². The molecule has 0 atom stereocenters. The Kier molecular flexibility index (Phi) is 5.19. The van der Waals surface area contributed by atoms with Gasteiger partial charge in [0.25, 0.3) is 5.91 Å². The number of carbonyl (C=O) groups excluding carboxylic acids is 1. The molecule has 0 aliphatic carbocycles. The van der Waals surface area contributed by atoms with Crippen LogP contribution in [-0.4, -0.2) is 17.1 Å². The third-order valence-corrected chi connectivity index (χ3v) is 4.27. The summed E-state index contributed by atoms with van der Waals surface area (Å²) in [5.74, 6) is -0.362. The Morgan fingerprint density at radius 1 is 1.15 bits per heavy atom. The summed E-state index contributed by atoms with van der Waals surface area (Å²) in [6, 6.07) is 11.5. The van der Waals surface area contributed by atoms with Crippen LogP contribution in [0.1, 0.15) is 21.5 Å². The lowest BCUT2D eigenvalue weighted by Gasteiger charge is -2.11. The van der Waals surface area contributed by atoms with Gasteiger partial charge in [0.1, 0.15) is 5.15 Å². The van der Waals surface area contributed by atoms with Gasteiger partial charge >= 0.3 is 6.18 Å². The lowest BCUT2D eigenvalue weighted by atomic mass is 10.0. The number of hydrogen-bond acceptors (Lipinski definition) is 2. The Hall–Kier alpha value is -2.86. The van der Waals surface area contributed by atoms with Crippen molar-refractivity contribution in [3.05, 3.63) is 76.6 Å². The van der Waals surface area contributed by atoms with Crippen LogP contribution < -0.4 is 5.32 Å². The molecule has 0 bridgehead atoms. The fraction of sp³-hybridized carbons (Fsp3) is 0.100. The maximum atomic E-state index is 12.6. The van der Waals surface area contributed by atoms with Gasteiger partial charge in [-0.25, -0.2) is 4.98 Å². The third kappa shape index (κ3) is 4.46. The van der Waals surface area contributed by atoms with E-state index in [2.05, 4.69) is 10.3 Å². The molecule has 0 unspecified atom stereocenters. The molecule has 3 nitrogen and oxygen atoms in total. The fourth-order valence-corrected chi connectivity index (χ4v) is 2.93. The van der Waals surface area contributed by atoms with Gasteiger partial charge in [0.2, 0.25) is 0 Å². The van der Waals surface area contributed by atoms with Crippen molar-refractivity contribution in [1.82, 2.24) is 4.98 Å². The van der Waals surface area contributed by atoms with Gasteiger partial charge in [-0.3, -0.25) is 4.79 Å². The number of hydrogen-bond donors (Lipinski definition) is 1. The highest BCUT2D eigenvalue weighted by molar-refractivity contribution is 6.34. The van der Waals surface area contributed by atoms with Crippen molar-refractivity contribution < 1.29 is 18.0 Å². The molecule has 0 saturated carbocycles. The number of halogens is 4. The molecule has 1 amide bonds. The fourth-order valence-electron chi connectivity index (χ4n) is 2.71. The van der Waals surface area contributed by atoms with E-state index >= 15 is 0 Å². The monoisotopic (exact) mass is 390 g/mol. The number of nitrogens with zero attached hydrogens (tertiary/aromatic N) is 1. The zero-order valence-electron chi connectivity index (χ0n) is 14.1. The standard InChI is InChI=1S/C20H14ClF3N2O/c1-12-11-13(7-9-20(22,23)24)5-6-14(12)19(27)26-17-4-2-3-16-15(17)8-10-25-18(16)21/h2-11H,1H3,(H,26,27)/b9-7+. The van der Waals surface area contributed by atoms with Gasteiger partial charge in [-0.05, 0) is 36.2 Å². The van der Waals surface area contributed by atoms with Gasteiger partial charge in [0, 0.05) is 34.3 Å². The van der Waals surface area contributed by atoms with Crippen molar-refractivity contribution in [3.63, 3.8) is 0 Å². The maximum absolute atomic E-state index is 12.6. The zero-order chi connectivity index (χ0) is 19.6. The van der Waals surface area contributed by atoms with Gasteiger partial charge in [-0.2, -0.15) is 13.2 Å². The minimum Gasteiger partial charge on any atom is -0.321 e. The van der Waals surface area contributed by atoms with Gasteiger partial charge in [-0.1, -0.05) is 41.9 Å². The van der Waals surface area contributed by atoms with Gasteiger partial charge in [0.05, 0.1) is 0 Å². The summed E-state index contributed by atoms with van der Waals surface area (Å²) in [7, 11) is 0. The molecule has 1 N–H and O–H groups in total. The first-order valence-corrected chi connectivity index (χ1v) is 8.33. The second-order valence-electron chi connectivity index (χ2n) is 5.91. The summed E-state index contributed by atoms with van der Waals surface area (Å²) in [4.78, 5) is 16.6. The topological polar surface area (TPSA) is 42.0 Å². The Morgan fingerprint density at radius 2 is 1.93 bits per heavy atom. The second-order valence-corrected chi connectivity index (χ2v) is 6.26. The number of aromatic nitrogens is 1. The molecule has 0 saturated heterocycles. The Bertz CT molecular complexity index is 1050. The summed E-state index contributed by atoms with van der Waals surface area (Å²) in [6.07, 6.45) is -1.70. The minimum absolute atomic E-state index is 0.162. The molecule has 1 aromatic heterocycles. The lowest BCUT2D eigenvalue weighted by Crippen LogP contribution is -2.13.